The second kappa shape index (κ2) is 10.4. The Hall–Kier alpha value is -3.14. The molecular weight excluding hydrogens is 364 g/mol. The fourth-order valence-electron chi connectivity index (χ4n) is 3.18. The van der Waals surface area contributed by atoms with E-state index in [0.29, 0.717) is 12.4 Å². The van der Waals surface area contributed by atoms with E-state index in [2.05, 4.69) is 6.92 Å². The molecule has 0 heterocycles. The Kier molecular flexibility index (Phi) is 7.40. The number of hydrogen-bond acceptors (Lipinski definition) is 4. The van der Waals surface area contributed by atoms with E-state index in [0.717, 1.165) is 30.0 Å². The minimum Gasteiger partial charge on any atom is -0.462 e. The molecule has 3 aromatic carbocycles. The molecule has 3 rings (SSSR count). The van der Waals surface area contributed by atoms with Crippen LogP contribution in [0, 0.1) is 0 Å². The maximum atomic E-state index is 12.7. The molecule has 29 heavy (non-hydrogen) atoms. The van der Waals surface area contributed by atoms with Crippen molar-refractivity contribution in [1.29, 1.82) is 0 Å². The van der Waals surface area contributed by atoms with Crippen LogP contribution in [0.15, 0.2) is 66.7 Å². The number of esters is 2. The van der Waals surface area contributed by atoms with Gasteiger partial charge in [-0.2, -0.15) is 0 Å². The highest BCUT2D eigenvalue weighted by molar-refractivity contribution is 6.04. The summed E-state index contributed by atoms with van der Waals surface area (Å²) >= 11 is 0. The van der Waals surface area contributed by atoms with E-state index >= 15 is 0 Å². The molecule has 0 unspecified atom stereocenters. The van der Waals surface area contributed by atoms with E-state index in [-0.39, 0.29) is 11.1 Å². The fraction of sp³-hybridized carbons (Fsp3) is 0.280. The molecular formula is C25H26O4. The van der Waals surface area contributed by atoms with Crippen LogP contribution in [-0.4, -0.2) is 18.5 Å². The molecule has 0 spiro atoms. The number of hydrogen-bond donors (Lipinski definition) is 0. The molecule has 0 saturated heterocycles. The van der Waals surface area contributed by atoms with Gasteiger partial charge in [0.15, 0.2) is 0 Å². The number of unbranched alkanes of at least 4 members (excludes halogenated alkanes) is 4. The third kappa shape index (κ3) is 5.67. The second-order valence-electron chi connectivity index (χ2n) is 6.99. The van der Waals surface area contributed by atoms with Gasteiger partial charge in [0, 0.05) is 0 Å². The van der Waals surface area contributed by atoms with Gasteiger partial charge in [-0.05, 0) is 41.5 Å². The van der Waals surface area contributed by atoms with E-state index in [1.54, 1.807) is 30.3 Å². The molecule has 0 aromatic heterocycles. The fourth-order valence-corrected chi connectivity index (χ4v) is 3.18. The predicted octanol–water partition coefficient (Wildman–Crippen LogP) is 6.19. The van der Waals surface area contributed by atoms with Crippen LogP contribution in [0.3, 0.4) is 0 Å². The third-order valence-electron chi connectivity index (χ3n) is 4.78. The maximum Gasteiger partial charge on any atom is 0.344 e. The first-order chi connectivity index (χ1) is 14.2. The van der Waals surface area contributed by atoms with Crippen LogP contribution in [0.4, 0.5) is 0 Å². The molecule has 0 bridgehead atoms. The van der Waals surface area contributed by atoms with Gasteiger partial charge >= 0.3 is 11.9 Å². The molecule has 0 amide bonds. The SMILES string of the molecule is CCCCCCCOC(=O)c1ccccc1C(=O)Oc1ccc2ccccc2c1. The third-order valence-corrected chi connectivity index (χ3v) is 4.78. The van der Waals surface area contributed by atoms with Crippen LogP contribution >= 0.6 is 0 Å². The summed E-state index contributed by atoms with van der Waals surface area (Å²) < 4.78 is 10.9. The highest BCUT2D eigenvalue weighted by Gasteiger charge is 2.19. The summed E-state index contributed by atoms with van der Waals surface area (Å²) in [4.78, 5) is 25.1. The minimum atomic E-state index is -0.573. The molecule has 0 radical (unpaired) electrons. The molecule has 0 fully saturated rings. The lowest BCUT2D eigenvalue weighted by Crippen LogP contribution is -2.16. The minimum absolute atomic E-state index is 0.205. The van der Waals surface area contributed by atoms with Gasteiger partial charge in [-0.3, -0.25) is 0 Å². The van der Waals surface area contributed by atoms with Crippen molar-refractivity contribution < 1.29 is 19.1 Å². The number of carbonyl (C=O) groups is 2. The second-order valence-corrected chi connectivity index (χ2v) is 6.99. The van der Waals surface area contributed by atoms with Gasteiger partial charge in [0.05, 0.1) is 17.7 Å². The van der Waals surface area contributed by atoms with Crippen molar-refractivity contribution in [1.82, 2.24) is 0 Å². The van der Waals surface area contributed by atoms with Crippen molar-refractivity contribution in [3.8, 4) is 5.75 Å². The first-order valence-corrected chi connectivity index (χ1v) is 10.2. The number of ether oxygens (including phenoxy) is 2. The molecule has 0 atom stereocenters. The van der Waals surface area contributed by atoms with Crippen LogP contribution < -0.4 is 4.74 Å². The van der Waals surface area contributed by atoms with E-state index in [1.807, 2.05) is 36.4 Å². The van der Waals surface area contributed by atoms with Gasteiger partial charge in [-0.15, -0.1) is 0 Å². The van der Waals surface area contributed by atoms with Crippen molar-refractivity contribution in [2.24, 2.45) is 0 Å². The first-order valence-electron chi connectivity index (χ1n) is 10.2. The average molecular weight is 390 g/mol. The molecule has 0 aliphatic carbocycles. The zero-order valence-electron chi connectivity index (χ0n) is 16.7. The Bertz CT molecular complexity index is 977. The Labute approximate surface area is 171 Å². The van der Waals surface area contributed by atoms with Gasteiger partial charge in [-0.25, -0.2) is 9.59 Å². The Morgan fingerprint density at radius 3 is 2.14 bits per heavy atom. The summed E-state index contributed by atoms with van der Waals surface area (Å²) in [5.74, 6) is -0.630. The van der Waals surface area contributed by atoms with Crippen LogP contribution in [0.1, 0.15) is 59.7 Å². The van der Waals surface area contributed by atoms with Crippen molar-refractivity contribution >= 4 is 22.7 Å². The zero-order valence-corrected chi connectivity index (χ0v) is 16.7. The highest BCUT2D eigenvalue weighted by Crippen LogP contribution is 2.22. The van der Waals surface area contributed by atoms with E-state index in [9.17, 15) is 9.59 Å². The number of rotatable bonds is 9. The lowest BCUT2D eigenvalue weighted by molar-refractivity contribution is 0.0489. The predicted molar refractivity (Wildman–Crippen MR) is 114 cm³/mol. The lowest BCUT2D eigenvalue weighted by Gasteiger charge is -2.10. The van der Waals surface area contributed by atoms with E-state index in [4.69, 9.17) is 9.47 Å². The zero-order chi connectivity index (χ0) is 20.5. The first kappa shape index (κ1) is 20.6. The molecule has 0 aliphatic heterocycles. The Morgan fingerprint density at radius 1 is 0.724 bits per heavy atom. The maximum absolute atomic E-state index is 12.7. The number of benzene rings is 3. The summed E-state index contributed by atoms with van der Waals surface area (Å²) in [5, 5.41) is 2.05. The summed E-state index contributed by atoms with van der Waals surface area (Å²) in [5.41, 5.74) is 0.434. The van der Waals surface area contributed by atoms with Gasteiger partial charge in [-0.1, -0.05) is 75.1 Å². The normalized spacial score (nSPS) is 10.7. The standard InChI is InChI=1S/C25H26O4/c1-2-3-4-5-10-17-28-24(26)22-13-8-9-14-23(22)25(27)29-21-16-15-19-11-6-7-12-20(19)18-21/h6-9,11-16,18H,2-5,10,17H2,1H3. The van der Waals surface area contributed by atoms with Crippen molar-refractivity contribution in [3.05, 3.63) is 77.9 Å². The lowest BCUT2D eigenvalue weighted by atomic mass is 10.1. The Morgan fingerprint density at radius 2 is 1.38 bits per heavy atom. The quantitative estimate of drug-likeness (QED) is 0.248. The summed E-state index contributed by atoms with van der Waals surface area (Å²) in [6, 6.07) is 19.9. The van der Waals surface area contributed by atoms with Gasteiger partial charge < -0.3 is 9.47 Å². The summed E-state index contributed by atoms with van der Waals surface area (Å²) in [7, 11) is 0. The van der Waals surface area contributed by atoms with Crippen molar-refractivity contribution in [3.63, 3.8) is 0 Å². The molecule has 3 aromatic rings. The van der Waals surface area contributed by atoms with Gasteiger partial charge in [0.25, 0.3) is 0 Å². The van der Waals surface area contributed by atoms with Crippen LogP contribution in [-0.2, 0) is 4.74 Å². The van der Waals surface area contributed by atoms with Crippen molar-refractivity contribution in [2.75, 3.05) is 6.61 Å². The van der Waals surface area contributed by atoms with E-state index in [1.165, 1.54) is 12.8 Å². The van der Waals surface area contributed by atoms with Crippen LogP contribution in [0.2, 0.25) is 0 Å². The summed E-state index contributed by atoms with van der Waals surface area (Å²) in [6.45, 7) is 2.52. The topological polar surface area (TPSA) is 52.6 Å². The van der Waals surface area contributed by atoms with Gasteiger partial charge in [0.2, 0.25) is 0 Å². The number of fused-ring (bicyclic) bond motifs is 1. The largest absolute Gasteiger partial charge is 0.462 e. The smallest absolute Gasteiger partial charge is 0.344 e. The van der Waals surface area contributed by atoms with Gasteiger partial charge in [0.1, 0.15) is 5.75 Å². The Balaban J connectivity index is 1.65. The molecule has 0 N–H and O–H groups in total. The summed E-state index contributed by atoms with van der Waals surface area (Å²) in [6.07, 6.45) is 5.37. The highest BCUT2D eigenvalue weighted by atomic mass is 16.5. The molecule has 0 saturated carbocycles. The van der Waals surface area contributed by atoms with Crippen molar-refractivity contribution in [2.45, 2.75) is 39.0 Å². The average Bonchev–Trinajstić information content (AvgIpc) is 2.76. The molecule has 4 nitrogen and oxygen atoms in total. The number of carbonyl (C=O) groups excluding carboxylic acids is 2. The van der Waals surface area contributed by atoms with E-state index < -0.39 is 11.9 Å². The van der Waals surface area contributed by atoms with Crippen LogP contribution in [0.5, 0.6) is 5.75 Å². The monoisotopic (exact) mass is 390 g/mol. The molecule has 4 heteroatoms. The molecule has 150 valence electrons. The van der Waals surface area contributed by atoms with Crippen LogP contribution in [0.25, 0.3) is 10.8 Å². The molecule has 0 aliphatic rings.